The first kappa shape index (κ1) is 17.0. The lowest BCUT2D eigenvalue weighted by Crippen LogP contribution is -2.37. The monoisotopic (exact) mass is 324 g/mol. The molecule has 1 saturated carbocycles. The second kappa shape index (κ2) is 6.79. The fourth-order valence-electron chi connectivity index (χ4n) is 2.72. The topological polar surface area (TPSA) is 66.5 Å². The summed E-state index contributed by atoms with van der Waals surface area (Å²) in [6, 6.07) is 6.20. The summed E-state index contributed by atoms with van der Waals surface area (Å²) >= 11 is 0. The fraction of sp³-hybridized carbons (Fsp3) is 0.562. The van der Waals surface area contributed by atoms with Crippen molar-refractivity contribution in [3.05, 3.63) is 29.8 Å². The maximum Gasteiger partial charge on any atom is 0.253 e. The van der Waals surface area contributed by atoms with Crippen molar-refractivity contribution in [3.63, 3.8) is 0 Å². The Bertz CT molecular complexity index is 633. The van der Waals surface area contributed by atoms with E-state index in [0.29, 0.717) is 11.5 Å². The van der Waals surface area contributed by atoms with Crippen molar-refractivity contribution >= 4 is 15.9 Å². The maximum absolute atomic E-state index is 12.5. The van der Waals surface area contributed by atoms with Gasteiger partial charge in [0.25, 0.3) is 5.91 Å². The van der Waals surface area contributed by atoms with Gasteiger partial charge in [0.05, 0.1) is 4.90 Å². The minimum absolute atomic E-state index is 0.00518. The summed E-state index contributed by atoms with van der Waals surface area (Å²) in [5.74, 6) is 0.463. The number of rotatable bonds is 4. The predicted molar refractivity (Wildman–Crippen MR) is 86.2 cm³/mol. The van der Waals surface area contributed by atoms with E-state index >= 15 is 0 Å². The third kappa shape index (κ3) is 4.08. The zero-order valence-corrected chi connectivity index (χ0v) is 14.2. The van der Waals surface area contributed by atoms with Gasteiger partial charge < -0.3 is 4.90 Å². The Kier molecular flexibility index (Phi) is 5.24. The molecule has 0 heterocycles. The van der Waals surface area contributed by atoms with Crippen molar-refractivity contribution in [2.45, 2.75) is 43.5 Å². The lowest BCUT2D eigenvalue weighted by molar-refractivity contribution is 0.0827. The molecule has 5 nitrogen and oxygen atoms in total. The van der Waals surface area contributed by atoms with Crippen LogP contribution < -0.4 is 4.72 Å². The van der Waals surface area contributed by atoms with Crippen LogP contribution in [0.2, 0.25) is 0 Å². The predicted octanol–water partition coefficient (Wildman–Crippen LogP) is 2.25. The summed E-state index contributed by atoms with van der Waals surface area (Å²) in [6.45, 7) is 2.20. The van der Waals surface area contributed by atoms with Gasteiger partial charge >= 0.3 is 0 Å². The van der Waals surface area contributed by atoms with Crippen LogP contribution in [-0.4, -0.2) is 39.4 Å². The molecular weight excluding hydrogens is 300 g/mol. The molecule has 2 rings (SSSR count). The van der Waals surface area contributed by atoms with Crippen LogP contribution in [0.4, 0.5) is 0 Å². The SMILES string of the molecule is CC1CCC(NS(=O)(=O)c2cccc(C(=O)N(C)C)c2)CC1. The molecule has 0 radical (unpaired) electrons. The van der Waals surface area contributed by atoms with Crippen molar-refractivity contribution in [2.24, 2.45) is 5.92 Å². The van der Waals surface area contributed by atoms with Gasteiger partial charge in [0.2, 0.25) is 10.0 Å². The summed E-state index contributed by atoms with van der Waals surface area (Å²) in [4.78, 5) is 13.5. The Morgan fingerprint density at radius 3 is 2.41 bits per heavy atom. The molecule has 22 heavy (non-hydrogen) atoms. The quantitative estimate of drug-likeness (QED) is 0.924. The van der Waals surface area contributed by atoms with Crippen molar-refractivity contribution in [1.29, 1.82) is 0 Å². The van der Waals surface area contributed by atoms with Gasteiger partial charge in [0, 0.05) is 25.7 Å². The first-order valence-electron chi connectivity index (χ1n) is 7.63. The minimum atomic E-state index is -3.58. The first-order chi connectivity index (χ1) is 10.3. The minimum Gasteiger partial charge on any atom is -0.345 e. The number of hydrogen-bond acceptors (Lipinski definition) is 3. The molecule has 0 saturated heterocycles. The Hall–Kier alpha value is -1.40. The highest BCUT2D eigenvalue weighted by atomic mass is 32.2. The van der Waals surface area contributed by atoms with E-state index in [-0.39, 0.29) is 16.8 Å². The second-order valence-electron chi connectivity index (χ2n) is 6.31. The van der Waals surface area contributed by atoms with Crippen LogP contribution in [0.1, 0.15) is 43.0 Å². The van der Waals surface area contributed by atoms with E-state index in [9.17, 15) is 13.2 Å². The number of carbonyl (C=O) groups excluding carboxylic acids is 1. The third-order valence-electron chi connectivity index (χ3n) is 4.14. The van der Waals surface area contributed by atoms with E-state index in [4.69, 9.17) is 0 Å². The van der Waals surface area contributed by atoms with Crippen LogP contribution in [0.3, 0.4) is 0 Å². The smallest absolute Gasteiger partial charge is 0.253 e. The van der Waals surface area contributed by atoms with E-state index in [2.05, 4.69) is 11.6 Å². The molecule has 1 aromatic carbocycles. The second-order valence-corrected chi connectivity index (χ2v) is 8.02. The van der Waals surface area contributed by atoms with Crippen molar-refractivity contribution in [1.82, 2.24) is 9.62 Å². The molecule has 1 aliphatic rings. The van der Waals surface area contributed by atoms with Crippen LogP contribution in [-0.2, 0) is 10.0 Å². The van der Waals surface area contributed by atoms with Gasteiger partial charge in [-0.3, -0.25) is 4.79 Å². The van der Waals surface area contributed by atoms with Gasteiger partial charge in [-0.25, -0.2) is 13.1 Å². The third-order valence-corrected chi connectivity index (χ3v) is 5.65. The van der Waals surface area contributed by atoms with Gasteiger partial charge in [-0.15, -0.1) is 0 Å². The van der Waals surface area contributed by atoms with Crippen LogP contribution in [0.15, 0.2) is 29.2 Å². The molecule has 0 unspecified atom stereocenters. The van der Waals surface area contributed by atoms with Crippen LogP contribution >= 0.6 is 0 Å². The maximum atomic E-state index is 12.5. The molecule has 1 aromatic rings. The largest absolute Gasteiger partial charge is 0.345 e. The summed E-state index contributed by atoms with van der Waals surface area (Å²) < 4.78 is 27.8. The Labute approximate surface area is 132 Å². The number of amides is 1. The standard InChI is InChI=1S/C16H24N2O3S/c1-12-7-9-14(10-8-12)17-22(20,21)15-6-4-5-13(11-15)16(19)18(2)3/h4-6,11-12,14,17H,7-10H2,1-3H3. The number of carbonyl (C=O) groups is 1. The number of hydrogen-bond donors (Lipinski definition) is 1. The van der Waals surface area contributed by atoms with Crippen LogP contribution in [0.25, 0.3) is 0 Å². The van der Waals surface area contributed by atoms with E-state index in [1.165, 1.54) is 17.0 Å². The molecule has 0 aromatic heterocycles. The summed E-state index contributed by atoms with van der Waals surface area (Å²) in [5.41, 5.74) is 0.380. The Morgan fingerprint density at radius 1 is 1.18 bits per heavy atom. The summed E-state index contributed by atoms with van der Waals surface area (Å²) in [5, 5.41) is 0. The summed E-state index contributed by atoms with van der Waals surface area (Å²) in [6.07, 6.45) is 3.84. The van der Waals surface area contributed by atoms with Gasteiger partial charge in [-0.2, -0.15) is 0 Å². The van der Waals surface area contributed by atoms with Gasteiger partial charge in [0.15, 0.2) is 0 Å². The average molecular weight is 324 g/mol. The normalized spacial score (nSPS) is 22.3. The number of nitrogens with zero attached hydrogens (tertiary/aromatic N) is 1. The molecule has 0 aliphatic heterocycles. The number of sulfonamides is 1. The van der Waals surface area contributed by atoms with E-state index in [0.717, 1.165) is 25.7 Å². The highest BCUT2D eigenvalue weighted by Crippen LogP contribution is 2.25. The molecule has 0 spiro atoms. The van der Waals surface area contributed by atoms with Gasteiger partial charge in [-0.05, 0) is 49.8 Å². The molecule has 1 N–H and O–H groups in total. The molecule has 0 bridgehead atoms. The average Bonchev–Trinajstić information content (AvgIpc) is 2.48. The molecule has 0 atom stereocenters. The summed E-state index contributed by atoms with van der Waals surface area (Å²) in [7, 11) is -0.292. The highest BCUT2D eigenvalue weighted by Gasteiger charge is 2.24. The van der Waals surface area contributed by atoms with Crippen molar-refractivity contribution in [3.8, 4) is 0 Å². The van der Waals surface area contributed by atoms with Crippen molar-refractivity contribution < 1.29 is 13.2 Å². The van der Waals surface area contributed by atoms with Crippen LogP contribution in [0, 0.1) is 5.92 Å². The van der Waals surface area contributed by atoms with E-state index in [1.807, 2.05) is 0 Å². The highest BCUT2D eigenvalue weighted by molar-refractivity contribution is 7.89. The zero-order chi connectivity index (χ0) is 16.3. The molecular formula is C16H24N2O3S. The van der Waals surface area contributed by atoms with E-state index in [1.54, 1.807) is 26.2 Å². The lowest BCUT2D eigenvalue weighted by Gasteiger charge is -2.26. The van der Waals surface area contributed by atoms with Crippen LogP contribution in [0.5, 0.6) is 0 Å². The van der Waals surface area contributed by atoms with Crippen molar-refractivity contribution in [2.75, 3.05) is 14.1 Å². The molecule has 1 aliphatic carbocycles. The van der Waals surface area contributed by atoms with Gasteiger partial charge in [-0.1, -0.05) is 13.0 Å². The van der Waals surface area contributed by atoms with Gasteiger partial charge in [0.1, 0.15) is 0 Å². The molecule has 122 valence electrons. The van der Waals surface area contributed by atoms with E-state index < -0.39 is 10.0 Å². The first-order valence-corrected chi connectivity index (χ1v) is 9.12. The fourth-order valence-corrected chi connectivity index (χ4v) is 4.07. The molecule has 1 amide bonds. The lowest BCUT2D eigenvalue weighted by atomic mass is 9.88. The molecule has 6 heteroatoms. The number of benzene rings is 1. The Balaban J connectivity index is 2.15. The molecule has 1 fully saturated rings. The Morgan fingerprint density at radius 2 is 1.82 bits per heavy atom. The number of nitrogens with one attached hydrogen (secondary N) is 1. The zero-order valence-electron chi connectivity index (χ0n) is 13.4.